The summed E-state index contributed by atoms with van der Waals surface area (Å²) in [6, 6.07) is 3.69. The average Bonchev–Trinajstić information content (AvgIpc) is 3.43. The lowest BCUT2D eigenvalue weighted by Crippen LogP contribution is -2.21. The topological polar surface area (TPSA) is 84.5 Å². The van der Waals surface area contributed by atoms with Gasteiger partial charge in [-0.1, -0.05) is 12.1 Å². The molecule has 4 heterocycles. The SMILES string of the molecule is CN1CCCC1=O.C[C@H]1CCN(C)C1=O.Cc1ccon1.Cn1cccn1. The van der Waals surface area contributed by atoms with Gasteiger partial charge in [-0.3, -0.25) is 14.3 Å². The van der Waals surface area contributed by atoms with E-state index in [1.165, 1.54) is 0 Å². The molecular weight excluding hydrogens is 346 g/mol. The van der Waals surface area contributed by atoms with Crippen molar-refractivity contribution in [3.05, 3.63) is 36.5 Å². The summed E-state index contributed by atoms with van der Waals surface area (Å²) in [5.74, 6) is 0.866. The van der Waals surface area contributed by atoms with Gasteiger partial charge in [0.05, 0.1) is 5.69 Å². The fourth-order valence-electron chi connectivity index (χ4n) is 2.40. The lowest BCUT2D eigenvalue weighted by molar-refractivity contribution is -0.129. The molecule has 2 aromatic heterocycles. The number of hydrogen-bond donors (Lipinski definition) is 0. The number of rotatable bonds is 0. The summed E-state index contributed by atoms with van der Waals surface area (Å²) in [6.07, 6.45) is 8.04. The van der Waals surface area contributed by atoms with Gasteiger partial charge in [-0.15, -0.1) is 0 Å². The monoisotopic (exact) mass is 377 g/mol. The molecule has 0 radical (unpaired) electrons. The van der Waals surface area contributed by atoms with Gasteiger partial charge < -0.3 is 14.3 Å². The predicted octanol–water partition coefficient (Wildman–Crippen LogP) is 2.13. The largest absolute Gasteiger partial charge is 0.365 e. The van der Waals surface area contributed by atoms with E-state index >= 15 is 0 Å². The summed E-state index contributed by atoms with van der Waals surface area (Å²) in [7, 11) is 5.58. The molecule has 8 heteroatoms. The first-order valence-corrected chi connectivity index (χ1v) is 9.10. The molecule has 0 N–H and O–H groups in total. The Labute approximate surface area is 161 Å². The minimum atomic E-state index is 0.278. The fourth-order valence-corrected chi connectivity index (χ4v) is 2.40. The zero-order chi connectivity index (χ0) is 20.2. The molecular formula is C19H31N5O3. The van der Waals surface area contributed by atoms with Crippen LogP contribution in [0.2, 0.25) is 0 Å². The highest BCUT2D eigenvalue weighted by molar-refractivity contribution is 5.80. The van der Waals surface area contributed by atoms with Crippen molar-refractivity contribution in [2.45, 2.75) is 33.1 Å². The van der Waals surface area contributed by atoms with Crippen molar-refractivity contribution in [2.75, 3.05) is 27.2 Å². The molecule has 2 aliphatic heterocycles. The molecule has 1 atom stereocenters. The predicted molar refractivity (Wildman–Crippen MR) is 103 cm³/mol. The maximum Gasteiger partial charge on any atom is 0.225 e. The van der Waals surface area contributed by atoms with Crippen LogP contribution in [0.1, 0.15) is 31.9 Å². The molecule has 4 rings (SSSR count). The molecule has 8 nitrogen and oxygen atoms in total. The molecule has 2 fully saturated rings. The first-order valence-electron chi connectivity index (χ1n) is 9.10. The van der Waals surface area contributed by atoms with E-state index < -0.39 is 0 Å². The Morgan fingerprint density at radius 2 is 1.89 bits per heavy atom. The first kappa shape index (κ1) is 22.4. The lowest BCUT2D eigenvalue weighted by atomic mass is 10.1. The highest BCUT2D eigenvalue weighted by Crippen LogP contribution is 2.13. The van der Waals surface area contributed by atoms with Gasteiger partial charge in [0.2, 0.25) is 11.8 Å². The zero-order valence-corrected chi connectivity index (χ0v) is 17.0. The molecule has 2 amide bonds. The van der Waals surface area contributed by atoms with Gasteiger partial charge >= 0.3 is 0 Å². The molecule has 27 heavy (non-hydrogen) atoms. The van der Waals surface area contributed by atoms with E-state index in [9.17, 15) is 9.59 Å². The Bertz CT molecular complexity index is 611. The van der Waals surface area contributed by atoms with Crippen LogP contribution in [0.25, 0.3) is 0 Å². The van der Waals surface area contributed by atoms with E-state index in [0.717, 1.165) is 38.0 Å². The summed E-state index contributed by atoms with van der Waals surface area (Å²) in [4.78, 5) is 24.9. The van der Waals surface area contributed by atoms with Gasteiger partial charge in [-0.25, -0.2) is 0 Å². The van der Waals surface area contributed by atoms with Crippen molar-refractivity contribution in [1.82, 2.24) is 24.7 Å². The third-order valence-corrected chi connectivity index (χ3v) is 4.21. The van der Waals surface area contributed by atoms with Crippen LogP contribution in [-0.2, 0) is 16.6 Å². The summed E-state index contributed by atoms with van der Waals surface area (Å²) in [5, 5.41) is 7.38. The van der Waals surface area contributed by atoms with Crippen molar-refractivity contribution in [2.24, 2.45) is 13.0 Å². The number of nitrogens with zero attached hydrogens (tertiary/aromatic N) is 5. The average molecular weight is 377 g/mol. The summed E-state index contributed by atoms with van der Waals surface area (Å²) in [6.45, 7) is 5.76. The normalized spacial score (nSPS) is 18.2. The van der Waals surface area contributed by atoms with Crippen LogP contribution in [0.5, 0.6) is 0 Å². The number of aryl methyl sites for hydroxylation is 2. The molecule has 0 saturated carbocycles. The van der Waals surface area contributed by atoms with E-state index in [0.29, 0.717) is 11.8 Å². The Balaban J connectivity index is 0.000000181. The standard InChI is InChI=1S/C6H11NO.C5H9NO.C4H6N2.C4H5NO/c1-5-3-4-7(2)6(5)8;1-6-4-2-3-5(6)7;1-6-4-2-3-5-6;1-4-2-3-6-5-4/h5H,3-4H2,1-2H3;2-4H2,1H3;2-4H,1H3;2-3H,1H3/t5-;;;/m0.../s1. The second kappa shape index (κ2) is 11.9. The Kier molecular flexibility index (Phi) is 9.85. The minimum Gasteiger partial charge on any atom is -0.365 e. The fraction of sp³-hybridized carbons (Fsp3) is 0.579. The number of amides is 2. The summed E-state index contributed by atoms with van der Waals surface area (Å²) >= 11 is 0. The number of carbonyl (C=O) groups excluding carboxylic acids is 2. The molecule has 0 aromatic carbocycles. The second-order valence-electron chi connectivity index (χ2n) is 6.69. The molecule has 0 spiro atoms. The first-order chi connectivity index (χ1) is 12.8. The molecule has 0 aliphatic carbocycles. The van der Waals surface area contributed by atoms with Crippen LogP contribution in [-0.4, -0.2) is 63.7 Å². The maximum atomic E-state index is 10.8. The van der Waals surface area contributed by atoms with Crippen LogP contribution < -0.4 is 0 Å². The third kappa shape index (κ3) is 9.03. The van der Waals surface area contributed by atoms with E-state index in [2.05, 4.69) is 14.8 Å². The van der Waals surface area contributed by atoms with Crippen molar-refractivity contribution in [3.8, 4) is 0 Å². The maximum absolute atomic E-state index is 10.8. The van der Waals surface area contributed by atoms with E-state index in [4.69, 9.17) is 0 Å². The molecule has 2 saturated heterocycles. The van der Waals surface area contributed by atoms with E-state index in [1.54, 1.807) is 33.0 Å². The van der Waals surface area contributed by atoms with E-state index in [1.807, 2.05) is 47.3 Å². The number of aromatic nitrogens is 3. The van der Waals surface area contributed by atoms with Crippen molar-refractivity contribution < 1.29 is 14.1 Å². The van der Waals surface area contributed by atoms with Gasteiger partial charge in [0.25, 0.3) is 0 Å². The molecule has 0 unspecified atom stereocenters. The van der Waals surface area contributed by atoms with Gasteiger partial charge in [-0.2, -0.15) is 5.10 Å². The highest BCUT2D eigenvalue weighted by atomic mass is 16.5. The van der Waals surface area contributed by atoms with Gasteiger partial charge in [0.15, 0.2) is 0 Å². The highest BCUT2D eigenvalue weighted by Gasteiger charge is 2.23. The van der Waals surface area contributed by atoms with Gasteiger partial charge in [-0.05, 0) is 25.8 Å². The number of hydrogen-bond acceptors (Lipinski definition) is 5. The van der Waals surface area contributed by atoms with E-state index in [-0.39, 0.29) is 5.92 Å². The molecule has 2 aliphatic rings. The van der Waals surface area contributed by atoms with Crippen LogP contribution in [0.15, 0.2) is 35.3 Å². The van der Waals surface area contributed by atoms with Crippen molar-refractivity contribution >= 4 is 11.8 Å². The van der Waals surface area contributed by atoms with Crippen LogP contribution in [0.3, 0.4) is 0 Å². The summed E-state index contributed by atoms with van der Waals surface area (Å²) < 4.78 is 6.21. The molecule has 0 bridgehead atoms. The quantitative estimate of drug-likeness (QED) is 0.702. The Morgan fingerprint density at radius 3 is 2.04 bits per heavy atom. The van der Waals surface area contributed by atoms with Crippen LogP contribution >= 0.6 is 0 Å². The Morgan fingerprint density at radius 1 is 1.15 bits per heavy atom. The molecule has 2 aromatic rings. The number of likely N-dealkylation sites (tertiary alicyclic amines) is 2. The molecule has 150 valence electrons. The van der Waals surface area contributed by atoms with Crippen molar-refractivity contribution in [1.29, 1.82) is 0 Å². The van der Waals surface area contributed by atoms with Crippen LogP contribution in [0, 0.1) is 12.8 Å². The second-order valence-corrected chi connectivity index (χ2v) is 6.69. The van der Waals surface area contributed by atoms with Gasteiger partial charge in [0.1, 0.15) is 6.26 Å². The number of carbonyl (C=O) groups is 2. The Hall–Kier alpha value is -2.64. The lowest BCUT2D eigenvalue weighted by Gasteiger charge is -2.05. The minimum absolute atomic E-state index is 0.278. The van der Waals surface area contributed by atoms with Crippen LogP contribution in [0.4, 0.5) is 0 Å². The smallest absolute Gasteiger partial charge is 0.225 e. The van der Waals surface area contributed by atoms with Gasteiger partial charge in [0, 0.05) is 65.0 Å². The summed E-state index contributed by atoms with van der Waals surface area (Å²) in [5.41, 5.74) is 0.926. The zero-order valence-electron chi connectivity index (χ0n) is 17.0. The third-order valence-electron chi connectivity index (χ3n) is 4.21. The van der Waals surface area contributed by atoms with Crippen molar-refractivity contribution in [3.63, 3.8) is 0 Å².